The van der Waals surface area contributed by atoms with Crippen molar-refractivity contribution >= 4 is 38.7 Å². The molecule has 0 radical (unpaired) electrons. The first-order valence-electron chi connectivity index (χ1n) is 9.89. The fraction of sp³-hybridized carbons (Fsp3) is 0.318. The molecule has 0 spiro atoms. The van der Waals surface area contributed by atoms with Crippen LogP contribution in [0.25, 0.3) is 10.8 Å². The monoisotopic (exact) mass is 497 g/mol. The average molecular weight is 497 g/mol. The summed E-state index contributed by atoms with van der Waals surface area (Å²) in [7, 11) is -6.26. The Morgan fingerprint density at radius 1 is 1.06 bits per heavy atom. The van der Waals surface area contributed by atoms with Gasteiger partial charge in [0.15, 0.2) is 5.60 Å². The summed E-state index contributed by atoms with van der Waals surface area (Å²) < 4.78 is 70.0. The third-order valence-electron chi connectivity index (χ3n) is 4.65. The Morgan fingerprint density at radius 3 is 2.26 bits per heavy atom. The number of halogens is 3. The van der Waals surface area contributed by atoms with Gasteiger partial charge in [-0.2, -0.15) is 21.6 Å². The van der Waals surface area contributed by atoms with Crippen molar-refractivity contribution in [2.45, 2.75) is 44.7 Å². The highest BCUT2D eigenvalue weighted by atomic mass is 32.2. The van der Waals surface area contributed by atoms with Gasteiger partial charge in [-0.25, -0.2) is 0 Å². The molecular weight excluding hydrogens is 479 g/mol. The Bertz CT molecular complexity index is 1350. The van der Waals surface area contributed by atoms with Gasteiger partial charge in [-0.1, -0.05) is 30.9 Å². The standard InChI is InChI=1S/C22H18F3NO7S/c1-4-6-17(27)32-21(2,3)12-11-13-9-10-16-18-14(13)7-5-8-15(18)19(28)26(20(16)29)33-34(30,31)22(23,24)25/h5,7-10H,4,6H2,1-3H3. The molecule has 0 N–H and O–H groups in total. The van der Waals surface area contributed by atoms with E-state index in [1.54, 1.807) is 13.8 Å². The van der Waals surface area contributed by atoms with Crippen LogP contribution in [0.15, 0.2) is 30.3 Å². The van der Waals surface area contributed by atoms with E-state index in [4.69, 9.17) is 4.74 Å². The lowest BCUT2D eigenvalue weighted by atomic mass is 9.92. The van der Waals surface area contributed by atoms with Crippen LogP contribution >= 0.6 is 0 Å². The molecule has 2 amide bonds. The molecule has 3 rings (SSSR count). The molecule has 1 aliphatic rings. The van der Waals surface area contributed by atoms with Gasteiger partial charge in [0.05, 0.1) is 11.1 Å². The van der Waals surface area contributed by atoms with Gasteiger partial charge in [-0.3, -0.25) is 14.4 Å². The van der Waals surface area contributed by atoms with Crippen molar-refractivity contribution in [2.75, 3.05) is 0 Å². The van der Waals surface area contributed by atoms with Crippen LogP contribution in [-0.2, 0) is 23.9 Å². The predicted octanol–water partition coefficient (Wildman–Crippen LogP) is 3.69. The molecular formula is C22H18F3NO7S. The molecule has 0 fully saturated rings. The minimum Gasteiger partial charge on any atom is -0.446 e. The molecule has 0 aromatic heterocycles. The summed E-state index contributed by atoms with van der Waals surface area (Å²) in [4.78, 5) is 37.2. The highest BCUT2D eigenvalue weighted by Crippen LogP contribution is 2.34. The second-order valence-corrected chi connectivity index (χ2v) is 9.27. The number of ether oxygens (including phenoxy) is 1. The maximum absolute atomic E-state index is 12.7. The van der Waals surface area contributed by atoms with E-state index in [0.29, 0.717) is 17.4 Å². The number of benzene rings is 2. The summed E-state index contributed by atoms with van der Waals surface area (Å²) in [6.07, 6.45) is 0.823. The van der Waals surface area contributed by atoms with Gasteiger partial charge < -0.3 is 4.74 Å². The fourth-order valence-electron chi connectivity index (χ4n) is 3.17. The molecule has 34 heavy (non-hydrogen) atoms. The third-order valence-corrected chi connectivity index (χ3v) is 5.56. The molecule has 0 saturated carbocycles. The quantitative estimate of drug-likeness (QED) is 0.268. The number of hydrogen-bond donors (Lipinski definition) is 0. The van der Waals surface area contributed by atoms with Crippen LogP contribution in [0, 0.1) is 11.8 Å². The number of carbonyl (C=O) groups is 3. The molecule has 0 saturated heterocycles. The van der Waals surface area contributed by atoms with E-state index in [9.17, 15) is 36.0 Å². The van der Waals surface area contributed by atoms with Crippen LogP contribution in [0.1, 0.15) is 59.9 Å². The Labute approximate surface area is 192 Å². The number of imide groups is 1. The van der Waals surface area contributed by atoms with Gasteiger partial charge in [0.1, 0.15) is 0 Å². The van der Waals surface area contributed by atoms with Gasteiger partial charge >= 0.3 is 21.6 Å². The number of rotatable bonds is 5. The van der Waals surface area contributed by atoms with E-state index < -0.39 is 44.1 Å². The van der Waals surface area contributed by atoms with Crippen LogP contribution in [0.4, 0.5) is 13.2 Å². The number of carbonyl (C=O) groups excluding carboxylic acids is 3. The van der Waals surface area contributed by atoms with Crippen LogP contribution < -0.4 is 0 Å². The lowest BCUT2D eigenvalue weighted by Gasteiger charge is -2.25. The molecule has 0 unspecified atom stereocenters. The zero-order chi connectivity index (χ0) is 25.5. The summed E-state index contributed by atoms with van der Waals surface area (Å²) in [6.45, 7) is 4.99. The Hall–Kier alpha value is -3.43. The SMILES string of the molecule is CCCC(=O)OC(C)(C)C#Cc1ccc2c3c(cccc13)C(=O)N(OS(=O)(=O)C(F)(F)F)C2=O. The Balaban J connectivity index is 2.05. The lowest BCUT2D eigenvalue weighted by molar-refractivity contribution is -0.151. The van der Waals surface area contributed by atoms with Crippen LogP contribution in [-0.4, -0.2) is 42.4 Å². The molecule has 8 nitrogen and oxygen atoms in total. The summed E-state index contributed by atoms with van der Waals surface area (Å²) >= 11 is 0. The van der Waals surface area contributed by atoms with Gasteiger partial charge in [0.25, 0.3) is 11.8 Å². The van der Waals surface area contributed by atoms with Crippen molar-refractivity contribution in [3.8, 4) is 11.8 Å². The third kappa shape index (κ3) is 4.76. The summed E-state index contributed by atoms with van der Waals surface area (Å²) in [5.41, 5.74) is -7.14. The van der Waals surface area contributed by atoms with Crippen molar-refractivity contribution in [3.63, 3.8) is 0 Å². The smallest absolute Gasteiger partial charge is 0.446 e. The number of alkyl halides is 3. The first-order chi connectivity index (χ1) is 15.7. The van der Waals surface area contributed by atoms with E-state index in [-0.39, 0.29) is 22.9 Å². The summed E-state index contributed by atoms with van der Waals surface area (Å²) in [5, 5.41) is -0.0331. The van der Waals surface area contributed by atoms with E-state index in [0.717, 1.165) is 0 Å². The van der Waals surface area contributed by atoms with Crippen molar-refractivity contribution < 1.29 is 45.0 Å². The molecule has 1 aliphatic heterocycles. The number of hydroxylamine groups is 2. The largest absolute Gasteiger partial charge is 0.525 e. The fourth-order valence-corrected chi connectivity index (χ4v) is 3.59. The highest BCUT2D eigenvalue weighted by Gasteiger charge is 2.51. The summed E-state index contributed by atoms with van der Waals surface area (Å²) in [5.74, 6) is 2.46. The number of amides is 2. The predicted molar refractivity (Wildman–Crippen MR) is 112 cm³/mol. The molecule has 2 aromatic rings. The van der Waals surface area contributed by atoms with Crippen molar-refractivity contribution in [1.82, 2.24) is 5.06 Å². The molecule has 0 atom stereocenters. The van der Waals surface area contributed by atoms with Crippen LogP contribution in [0.5, 0.6) is 0 Å². The van der Waals surface area contributed by atoms with E-state index >= 15 is 0 Å². The Morgan fingerprint density at radius 2 is 1.68 bits per heavy atom. The van der Waals surface area contributed by atoms with Gasteiger partial charge in [-0.15, -0.1) is 9.35 Å². The molecule has 2 aromatic carbocycles. The van der Waals surface area contributed by atoms with Crippen molar-refractivity contribution in [3.05, 3.63) is 47.0 Å². The second kappa shape index (κ2) is 8.73. The molecule has 12 heteroatoms. The minimum absolute atomic E-state index is 0.0781. The maximum atomic E-state index is 12.7. The molecule has 1 heterocycles. The highest BCUT2D eigenvalue weighted by molar-refractivity contribution is 7.87. The number of esters is 1. The van der Waals surface area contributed by atoms with Gasteiger partial charge in [0.2, 0.25) is 0 Å². The van der Waals surface area contributed by atoms with Crippen molar-refractivity contribution in [1.29, 1.82) is 0 Å². The van der Waals surface area contributed by atoms with E-state index in [1.165, 1.54) is 30.3 Å². The van der Waals surface area contributed by atoms with Gasteiger partial charge in [-0.05, 0) is 43.9 Å². The molecule has 0 aliphatic carbocycles. The van der Waals surface area contributed by atoms with Crippen LogP contribution in [0.2, 0.25) is 0 Å². The van der Waals surface area contributed by atoms with Crippen LogP contribution in [0.3, 0.4) is 0 Å². The topological polar surface area (TPSA) is 107 Å². The van der Waals surface area contributed by atoms with Crippen molar-refractivity contribution in [2.24, 2.45) is 0 Å². The zero-order valence-electron chi connectivity index (χ0n) is 18.1. The average Bonchev–Trinajstić information content (AvgIpc) is 2.72. The molecule has 180 valence electrons. The van der Waals surface area contributed by atoms with E-state index in [2.05, 4.69) is 16.1 Å². The Kier molecular flexibility index (Phi) is 6.47. The maximum Gasteiger partial charge on any atom is 0.525 e. The minimum atomic E-state index is -6.26. The lowest BCUT2D eigenvalue weighted by Crippen LogP contribution is -2.44. The normalized spacial score (nSPS) is 14.1. The zero-order valence-corrected chi connectivity index (χ0v) is 19.0. The summed E-state index contributed by atoms with van der Waals surface area (Å²) in [6, 6.07) is 6.71. The van der Waals surface area contributed by atoms with E-state index in [1.807, 2.05) is 6.92 Å². The van der Waals surface area contributed by atoms with Gasteiger partial charge in [0, 0.05) is 17.4 Å². The molecule has 0 bridgehead atoms. The first-order valence-corrected chi connectivity index (χ1v) is 11.3. The number of nitrogens with zero attached hydrogens (tertiary/aromatic N) is 1. The number of hydrogen-bond acceptors (Lipinski definition) is 7. The first kappa shape index (κ1) is 25.2. The second-order valence-electron chi connectivity index (χ2n) is 7.75.